The lowest BCUT2D eigenvalue weighted by Gasteiger charge is -2.09. The van der Waals surface area contributed by atoms with Crippen LogP contribution >= 0.6 is 11.3 Å². The monoisotopic (exact) mass is 212 g/mol. The maximum absolute atomic E-state index is 9.93. The lowest BCUT2D eigenvalue weighted by molar-refractivity contribution is 0.162. The first kappa shape index (κ1) is 9.99. The second-order valence-electron chi connectivity index (χ2n) is 3.89. The number of ether oxygens (including phenoxy) is 1. The molecular formula is C11H16O2S. The lowest BCUT2D eigenvalue weighted by atomic mass is 10.1. The van der Waals surface area contributed by atoms with E-state index in [1.165, 1.54) is 12.8 Å². The van der Waals surface area contributed by atoms with Gasteiger partial charge in [-0.15, -0.1) is 11.3 Å². The Morgan fingerprint density at radius 2 is 2.43 bits per heavy atom. The Morgan fingerprint density at radius 3 is 3.07 bits per heavy atom. The number of aliphatic hydroxyl groups excluding tert-OH is 1. The number of hydrogen-bond acceptors (Lipinski definition) is 3. The number of rotatable bonds is 5. The van der Waals surface area contributed by atoms with Gasteiger partial charge in [-0.05, 0) is 30.2 Å². The Balaban J connectivity index is 1.91. The van der Waals surface area contributed by atoms with Crippen LogP contribution < -0.4 is 4.74 Å². The molecule has 0 saturated heterocycles. The largest absolute Gasteiger partial charge is 0.495 e. The molecular weight excluding hydrogens is 196 g/mol. The summed E-state index contributed by atoms with van der Waals surface area (Å²) in [7, 11) is 1.65. The van der Waals surface area contributed by atoms with Gasteiger partial charge in [-0.3, -0.25) is 0 Å². The first-order valence-electron chi connectivity index (χ1n) is 5.10. The molecule has 78 valence electrons. The summed E-state index contributed by atoms with van der Waals surface area (Å²) < 4.78 is 5.18. The summed E-state index contributed by atoms with van der Waals surface area (Å²) in [6.45, 7) is 0. The lowest BCUT2D eigenvalue weighted by Crippen LogP contribution is -1.97. The standard InChI is InChI=1S/C11H16O2S/c1-13-10-6-7-14-11(10)9(12)5-4-8-2-3-8/h6-9,12H,2-5H2,1H3. The Kier molecular flexibility index (Phi) is 3.08. The molecule has 2 rings (SSSR count). The van der Waals surface area contributed by atoms with Gasteiger partial charge in [-0.2, -0.15) is 0 Å². The summed E-state index contributed by atoms with van der Waals surface area (Å²) in [6, 6.07) is 1.92. The average Bonchev–Trinajstić information content (AvgIpc) is 2.90. The van der Waals surface area contributed by atoms with E-state index >= 15 is 0 Å². The van der Waals surface area contributed by atoms with Crippen LogP contribution in [-0.4, -0.2) is 12.2 Å². The van der Waals surface area contributed by atoms with E-state index in [1.807, 2.05) is 11.4 Å². The van der Waals surface area contributed by atoms with Crippen molar-refractivity contribution in [1.29, 1.82) is 0 Å². The molecule has 0 aliphatic heterocycles. The Bertz CT molecular complexity index is 291. The third kappa shape index (κ3) is 2.28. The van der Waals surface area contributed by atoms with E-state index in [9.17, 15) is 5.11 Å². The quantitative estimate of drug-likeness (QED) is 0.813. The second-order valence-corrected chi connectivity index (χ2v) is 4.84. The predicted octanol–water partition coefficient (Wildman–Crippen LogP) is 2.98. The van der Waals surface area contributed by atoms with E-state index in [-0.39, 0.29) is 6.10 Å². The van der Waals surface area contributed by atoms with Crippen molar-refractivity contribution in [2.45, 2.75) is 31.8 Å². The fourth-order valence-electron chi connectivity index (χ4n) is 1.65. The molecule has 0 spiro atoms. The highest BCUT2D eigenvalue weighted by molar-refractivity contribution is 7.10. The van der Waals surface area contributed by atoms with Crippen molar-refractivity contribution < 1.29 is 9.84 Å². The van der Waals surface area contributed by atoms with Crippen molar-refractivity contribution in [3.8, 4) is 5.75 Å². The minimum atomic E-state index is -0.328. The molecule has 1 aliphatic rings. The third-order valence-electron chi connectivity index (χ3n) is 2.73. The van der Waals surface area contributed by atoms with Gasteiger partial charge in [0.2, 0.25) is 0 Å². The van der Waals surface area contributed by atoms with E-state index in [1.54, 1.807) is 18.4 Å². The fraction of sp³-hybridized carbons (Fsp3) is 0.636. The molecule has 1 aromatic rings. The second kappa shape index (κ2) is 4.32. The molecule has 1 fully saturated rings. The molecule has 1 saturated carbocycles. The summed E-state index contributed by atoms with van der Waals surface area (Å²) in [6.07, 6.45) is 4.41. The molecule has 1 aliphatic carbocycles. The maximum atomic E-state index is 9.93. The van der Waals surface area contributed by atoms with Crippen LogP contribution in [0.15, 0.2) is 11.4 Å². The third-order valence-corrected chi connectivity index (χ3v) is 3.72. The fourth-order valence-corrected chi connectivity index (χ4v) is 2.53. The van der Waals surface area contributed by atoms with Gasteiger partial charge in [0, 0.05) is 0 Å². The highest BCUT2D eigenvalue weighted by atomic mass is 32.1. The maximum Gasteiger partial charge on any atom is 0.135 e. The summed E-state index contributed by atoms with van der Waals surface area (Å²) in [5.74, 6) is 1.72. The van der Waals surface area contributed by atoms with Gasteiger partial charge >= 0.3 is 0 Å². The van der Waals surface area contributed by atoms with E-state index in [0.29, 0.717) is 0 Å². The summed E-state index contributed by atoms with van der Waals surface area (Å²) in [5, 5.41) is 11.9. The van der Waals surface area contributed by atoms with Gasteiger partial charge in [0.05, 0.1) is 18.1 Å². The van der Waals surface area contributed by atoms with E-state index in [0.717, 1.165) is 29.4 Å². The smallest absolute Gasteiger partial charge is 0.135 e. The van der Waals surface area contributed by atoms with Crippen LogP contribution in [0.25, 0.3) is 0 Å². The molecule has 1 atom stereocenters. The number of methoxy groups -OCH3 is 1. The van der Waals surface area contributed by atoms with Crippen molar-refractivity contribution in [3.05, 3.63) is 16.3 Å². The molecule has 0 radical (unpaired) electrons. The first-order chi connectivity index (χ1) is 6.81. The van der Waals surface area contributed by atoms with Crippen molar-refractivity contribution in [2.75, 3.05) is 7.11 Å². The zero-order valence-corrected chi connectivity index (χ0v) is 9.22. The summed E-state index contributed by atoms with van der Waals surface area (Å²) >= 11 is 1.58. The van der Waals surface area contributed by atoms with E-state index in [2.05, 4.69) is 0 Å². The van der Waals surface area contributed by atoms with Crippen LogP contribution in [0, 0.1) is 5.92 Å². The van der Waals surface area contributed by atoms with E-state index < -0.39 is 0 Å². The van der Waals surface area contributed by atoms with Crippen molar-refractivity contribution >= 4 is 11.3 Å². The van der Waals surface area contributed by atoms with Crippen molar-refractivity contribution in [1.82, 2.24) is 0 Å². The molecule has 3 heteroatoms. The average molecular weight is 212 g/mol. The predicted molar refractivity (Wildman–Crippen MR) is 57.8 cm³/mol. The topological polar surface area (TPSA) is 29.5 Å². The van der Waals surface area contributed by atoms with E-state index in [4.69, 9.17) is 4.74 Å². The molecule has 0 bridgehead atoms. The normalized spacial score (nSPS) is 18.1. The number of thiophene rings is 1. The molecule has 14 heavy (non-hydrogen) atoms. The van der Waals surface area contributed by atoms with Crippen molar-refractivity contribution in [3.63, 3.8) is 0 Å². The van der Waals surface area contributed by atoms with Crippen molar-refractivity contribution in [2.24, 2.45) is 5.92 Å². The van der Waals surface area contributed by atoms with Gasteiger partial charge in [0.15, 0.2) is 0 Å². The van der Waals surface area contributed by atoms with Crippen LogP contribution in [0.3, 0.4) is 0 Å². The Morgan fingerprint density at radius 1 is 1.64 bits per heavy atom. The van der Waals surface area contributed by atoms with Gasteiger partial charge < -0.3 is 9.84 Å². The summed E-state index contributed by atoms with van der Waals surface area (Å²) in [4.78, 5) is 0.980. The summed E-state index contributed by atoms with van der Waals surface area (Å²) in [5.41, 5.74) is 0. The van der Waals surface area contributed by atoms with Crippen LogP contribution in [0.1, 0.15) is 36.7 Å². The van der Waals surface area contributed by atoms with Crippen LogP contribution in [-0.2, 0) is 0 Å². The van der Waals surface area contributed by atoms with Crippen LogP contribution in [0.2, 0.25) is 0 Å². The van der Waals surface area contributed by atoms with Gasteiger partial charge in [0.25, 0.3) is 0 Å². The Labute approximate surface area is 88.5 Å². The number of aliphatic hydroxyl groups is 1. The zero-order valence-electron chi connectivity index (χ0n) is 8.40. The highest BCUT2D eigenvalue weighted by Gasteiger charge is 2.23. The van der Waals surface area contributed by atoms with Gasteiger partial charge in [-0.1, -0.05) is 12.8 Å². The molecule has 2 nitrogen and oxygen atoms in total. The molecule has 1 unspecified atom stereocenters. The molecule has 0 aromatic carbocycles. The molecule has 1 heterocycles. The highest BCUT2D eigenvalue weighted by Crippen LogP contribution is 2.38. The van der Waals surface area contributed by atoms with Crippen LogP contribution in [0.5, 0.6) is 5.75 Å². The minimum Gasteiger partial charge on any atom is -0.495 e. The van der Waals surface area contributed by atoms with Crippen LogP contribution in [0.4, 0.5) is 0 Å². The minimum absolute atomic E-state index is 0.328. The number of hydrogen-bond donors (Lipinski definition) is 1. The molecule has 1 N–H and O–H groups in total. The molecule has 0 amide bonds. The molecule has 1 aromatic heterocycles. The SMILES string of the molecule is COc1ccsc1C(O)CCC1CC1. The van der Waals surface area contributed by atoms with Gasteiger partial charge in [0.1, 0.15) is 5.75 Å². The van der Waals surface area contributed by atoms with Gasteiger partial charge in [-0.25, -0.2) is 0 Å². The zero-order chi connectivity index (χ0) is 9.97. The first-order valence-corrected chi connectivity index (χ1v) is 5.98. The Hall–Kier alpha value is -0.540.